The Bertz CT molecular complexity index is 239. The molecule has 0 bridgehead atoms. The van der Waals surface area contributed by atoms with Crippen LogP contribution in [0.4, 0.5) is 0 Å². The van der Waals surface area contributed by atoms with Gasteiger partial charge in [0.25, 0.3) is 0 Å². The molecule has 0 rings (SSSR count). The van der Waals surface area contributed by atoms with Gasteiger partial charge in [-0.2, -0.15) is 0 Å². The zero-order valence-electron chi connectivity index (χ0n) is 9.36. The van der Waals surface area contributed by atoms with Gasteiger partial charge in [0.05, 0.1) is 5.25 Å². The van der Waals surface area contributed by atoms with Gasteiger partial charge in [-0.25, -0.2) is 12.7 Å². The lowest BCUT2D eigenvalue weighted by Crippen LogP contribution is -2.41. The average Bonchev–Trinajstić information content (AvgIpc) is 2.17. The summed E-state index contributed by atoms with van der Waals surface area (Å²) in [6, 6.07) is 0. The summed E-state index contributed by atoms with van der Waals surface area (Å²) in [6.45, 7) is 6.89. The van der Waals surface area contributed by atoms with Crippen molar-refractivity contribution in [3.05, 3.63) is 0 Å². The molecule has 0 amide bonds. The number of hydrogen-bond acceptors (Lipinski definition) is 3. The second-order valence-electron chi connectivity index (χ2n) is 3.44. The van der Waals surface area contributed by atoms with E-state index < -0.39 is 15.3 Å². The minimum absolute atomic E-state index is 0.185. The first-order valence-electron chi connectivity index (χ1n) is 5.19. The molecule has 0 saturated heterocycles. The van der Waals surface area contributed by atoms with E-state index in [0.717, 1.165) is 12.8 Å². The van der Waals surface area contributed by atoms with Crippen LogP contribution in [-0.2, 0) is 10.0 Å². The van der Waals surface area contributed by atoms with Gasteiger partial charge in [0, 0.05) is 19.6 Å². The second kappa shape index (κ2) is 6.37. The van der Waals surface area contributed by atoms with Gasteiger partial charge >= 0.3 is 0 Å². The number of rotatable bonds is 7. The van der Waals surface area contributed by atoms with Crippen molar-refractivity contribution in [2.75, 3.05) is 19.6 Å². The smallest absolute Gasteiger partial charge is 0.217 e. The molecular formula is C9H22N2O2S. The van der Waals surface area contributed by atoms with E-state index in [9.17, 15) is 8.42 Å². The van der Waals surface area contributed by atoms with Gasteiger partial charge < -0.3 is 5.73 Å². The van der Waals surface area contributed by atoms with E-state index in [1.54, 1.807) is 6.92 Å². The third-order valence-corrected chi connectivity index (χ3v) is 4.68. The van der Waals surface area contributed by atoms with Crippen molar-refractivity contribution in [3.8, 4) is 0 Å². The first-order chi connectivity index (χ1) is 6.50. The van der Waals surface area contributed by atoms with Crippen LogP contribution < -0.4 is 5.73 Å². The van der Waals surface area contributed by atoms with Crippen molar-refractivity contribution in [2.45, 2.75) is 38.9 Å². The van der Waals surface area contributed by atoms with Crippen LogP contribution >= 0.6 is 0 Å². The van der Waals surface area contributed by atoms with Crippen molar-refractivity contribution in [2.24, 2.45) is 5.73 Å². The van der Waals surface area contributed by atoms with Crippen LogP contribution in [-0.4, -0.2) is 37.6 Å². The Labute approximate surface area is 87.5 Å². The Hall–Kier alpha value is -0.130. The SMILES string of the molecule is CCCCN(CC)S(=O)(=O)C(C)CN. The molecule has 1 atom stereocenters. The highest BCUT2D eigenvalue weighted by molar-refractivity contribution is 7.89. The lowest BCUT2D eigenvalue weighted by Gasteiger charge is -2.23. The molecule has 0 aromatic rings. The summed E-state index contributed by atoms with van der Waals surface area (Å²) >= 11 is 0. The minimum Gasteiger partial charge on any atom is -0.329 e. The van der Waals surface area contributed by atoms with E-state index in [2.05, 4.69) is 0 Å². The molecule has 0 aromatic carbocycles. The highest BCUT2D eigenvalue weighted by atomic mass is 32.2. The first kappa shape index (κ1) is 13.9. The number of nitrogens with two attached hydrogens (primary N) is 1. The van der Waals surface area contributed by atoms with Crippen molar-refractivity contribution >= 4 is 10.0 Å². The maximum atomic E-state index is 11.8. The highest BCUT2D eigenvalue weighted by Gasteiger charge is 2.25. The third kappa shape index (κ3) is 3.55. The first-order valence-corrected chi connectivity index (χ1v) is 6.70. The maximum absolute atomic E-state index is 11.8. The van der Waals surface area contributed by atoms with E-state index >= 15 is 0 Å². The molecule has 0 spiro atoms. The molecule has 1 unspecified atom stereocenters. The highest BCUT2D eigenvalue weighted by Crippen LogP contribution is 2.09. The van der Waals surface area contributed by atoms with Crippen molar-refractivity contribution in [1.82, 2.24) is 4.31 Å². The van der Waals surface area contributed by atoms with Crippen LogP contribution in [0.5, 0.6) is 0 Å². The van der Waals surface area contributed by atoms with Gasteiger partial charge in [0.15, 0.2) is 0 Å². The fourth-order valence-electron chi connectivity index (χ4n) is 1.18. The molecule has 5 heteroatoms. The van der Waals surface area contributed by atoms with Crippen LogP contribution in [0, 0.1) is 0 Å². The summed E-state index contributed by atoms with van der Waals surface area (Å²) < 4.78 is 25.2. The molecule has 0 aliphatic rings. The Morgan fingerprint density at radius 1 is 1.36 bits per heavy atom. The van der Waals surface area contributed by atoms with E-state index in [0.29, 0.717) is 13.1 Å². The fraction of sp³-hybridized carbons (Fsp3) is 1.00. The Balaban J connectivity index is 4.49. The molecule has 0 aliphatic carbocycles. The van der Waals surface area contributed by atoms with Crippen molar-refractivity contribution in [1.29, 1.82) is 0 Å². The van der Waals surface area contributed by atoms with Gasteiger partial charge in [0.1, 0.15) is 0 Å². The monoisotopic (exact) mass is 222 g/mol. The number of hydrogen-bond donors (Lipinski definition) is 1. The molecule has 0 heterocycles. The molecule has 0 fully saturated rings. The Morgan fingerprint density at radius 3 is 2.29 bits per heavy atom. The van der Waals surface area contributed by atoms with E-state index in [1.807, 2.05) is 13.8 Å². The van der Waals surface area contributed by atoms with E-state index in [-0.39, 0.29) is 6.54 Å². The molecular weight excluding hydrogens is 200 g/mol. The van der Waals surface area contributed by atoms with Gasteiger partial charge in [-0.15, -0.1) is 0 Å². The van der Waals surface area contributed by atoms with Crippen molar-refractivity contribution in [3.63, 3.8) is 0 Å². The molecule has 0 saturated carbocycles. The zero-order chi connectivity index (χ0) is 11.2. The fourth-order valence-corrected chi connectivity index (χ4v) is 2.67. The van der Waals surface area contributed by atoms with Crippen LogP contribution in [0.25, 0.3) is 0 Å². The summed E-state index contributed by atoms with van der Waals surface area (Å²) in [5.74, 6) is 0. The molecule has 0 aromatic heterocycles. The van der Waals surface area contributed by atoms with E-state index in [1.165, 1.54) is 4.31 Å². The topological polar surface area (TPSA) is 63.4 Å². The third-order valence-electron chi connectivity index (χ3n) is 2.31. The standard InChI is InChI=1S/C9H22N2O2S/c1-4-6-7-11(5-2)14(12,13)9(3)8-10/h9H,4-8,10H2,1-3H3. The lowest BCUT2D eigenvalue weighted by atomic mass is 10.3. The summed E-state index contributed by atoms with van der Waals surface area (Å²) in [4.78, 5) is 0. The molecule has 14 heavy (non-hydrogen) atoms. The Kier molecular flexibility index (Phi) is 6.31. The van der Waals surface area contributed by atoms with Gasteiger partial charge in [0.2, 0.25) is 10.0 Å². The molecule has 86 valence electrons. The summed E-state index contributed by atoms with van der Waals surface area (Å²) in [6.07, 6.45) is 1.91. The van der Waals surface area contributed by atoms with Crippen LogP contribution in [0.1, 0.15) is 33.6 Å². The average molecular weight is 222 g/mol. The second-order valence-corrected chi connectivity index (χ2v) is 5.79. The van der Waals surface area contributed by atoms with Gasteiger partial charge in [-0.05, 0) is 13.3 Å². The molecule has 0 radical (unpaired) electrons. The zero-order valence-corrected chi connectivity index (χ0v) is 10.2. The maximum Gasteiger partial charge on any atom is 0.217 e. The van der Waals surface area contributed by atoms with Gasteiger partial charge in [-0.3, -0.25) is 0 Å². The van der Waals surface area contributed by atoms with Gasteiger partial charge in [-0.1, -0.05) is 20.3 Å². The molecule has 0 aliphatic heterocycles. The largest absolute Gasteiger partial charge is 0.329 e. The number of nitrogens with zero attached hydrogens (tertiary/aromatic N) is 1. The number of sulfonamides is 1. The quantitative estimate of drug-likeness (QED) is 0.692. The minimum atomic E-state index is -3.17. The van der Waals surface area contributed by atoms with Crippen LogP contribution in [0.15, 0.2) is 0 Å². The summed E-state index contributed by atoms with van der Waals surface area (Å²) in [5, 5.41) is -0.473. The predicted octanol–water partition coefficient (Wildman–Crippen LogP) is 0.785. The van der Waals surface area contributed by atoms with E-state index in [4.69, 9.17) is 5.73 Å². The molecule has 4 nitrogen and oxygen atoms in total. The lowest BCUT2D eigenvalue weighted by molar-refractivity contribution is 0.412. The predicted molar refractivity (Wildman–Crippen MR) is 59.6 cm³/mol. The number of unbranched alkanes of at least 4 members (excludes halogenated alkanes) is 1. The van der Waals surface area contributed by atoms with Crippen molar-refractivity contribution < 1.29 is 8.42 Å². The van der Waals surface area contributed by atoms with Crippen LogP contribution in [0.3, 0.4) is 0 Å². The Morgan fingerprint density at radius 2 is 1.93 bits per heavy atom. The normalized spacial score (nSPS) is 14.6. The molecule has 2 N–H and O–H groups in total. The van der Waals surface area contributed by atoms with Crippen LogP contribution in [0.2, 0.25) is 0 Å². The summed E-state index contributed by atoms with van der Waals surface area (Å²) in [7, 11) is -3.17. The summed E-state index contributed by atoms with van der Waals surface area (Å²) in [5.41, 5.74) is 5.37.